The number of hydrazine groups is 1. The lowest BCUT2D eigenvalue weighted by molar-refractivity contribution is 0.164. The molecule has 19 heavy (non-hydrogen) atoms. The number of anilines is 1. The van der Waals surface area contributed by atoms with Gasteiger partial charge >= 0.3 is 0 Å². The summed E-state index contributed by atoms with van der Waals surface area (Å²) < 4.78 is 11.0. The summed E-state index contributed by atoms with van der Waals surface area (Å²) in [5.74, 6) is 7.09. The summed E-state index contributed by atoms with van der Waals surface area (Å²) in [4.78, 5) is 8.54. The van der Waals surface area contributed by atoms with Gasteiger partial charge in [0, 0.05) is 13.2 Å². The van der Waals surface area contributed by atoms with Crippen molar-refractivity contribution in [3.05, 3.63) is 11.9 Å². The van der Waals surface area contributed by atoms with Crippen LogP contribution in [0.25, 0.3) is 0 Å². The maximum Gasteiger partial charge on any atom is 0.219 e. The van der Waals surface area contributed by atoms with Gasteiger partial charge in [0.05, 0.1) is 0 Å². The second-order valence-corrected chi connectivity index (χ2v) is 4.82. The van der Waals surface area contributed by atoms with Crippen molar-refractivity contribution in [1.29, 1.82) is 0 Å². The van der Waals surface area contributed by atoms with Crippen LogP contribution in [0.5, 0.6) is 5.88 Å². The molecule has 0 radical (unpaired) electrons. The average molecular weight is 266 g/mol. The average Bonchev–Trinajstić information content (AvgIpc) is 2.67. The summed E-state index contributed by atoms with van der Waals surface area (Å²) in [6, 6.07) is 1.73. The van der Waals surface area contributed by atoms with Crippen LogP contribution in [0.15, 0.2) is 6.07 Å². The van der Waals surface area contributed by atoms with Gasteiger partial charge in [0.25, 0.3) is 0 Å². The highest BCUT2D eigenvalue weighted by molar-refractivity contribution is 5.37. The number of hydrogen-bond donors (Lipinski definition) is 2. The van der Waals surface area contributed by atoms with Crippen LogP contribution in [0.3, 0.4) is 0 Å². The second-order valence-electron chi connectivity index (χ2n) is 4.82. The van der Waals surface area contributed by atoms with Gasteiger partial charge in [-0.15, -0.1) is 0 Å². The molecule has 1 aromatic heterocycles. The Kier molecular flexibility index (Phi) is 5.35. The highest BCUT2D eigenvalue weighted by atomic mass is 16.5. The third kappa shape index (κ3) is 4.33. The van der Waals surface area contributed by atoms with Gasteiger partial charge in [-0.1, -0.05) is 12.8 Å². The van der Waals surface area contributed by atoms with E-state index >= 15 is 0 Å². The number of rotatable bonds is 5. The Balaban J connectivity index is 2.06. The molecule has 0 unspecified atom stereocenters. The van der Waals surface area contributed by atoms with Gasteiger partial charge in [0.15, 0.2) is 5.82 Å². The van der Waals surface area contributed by atoms with Crippen molar-refractivity contribution in [1.82, 2.24) is 9.97 Å². The van der Waals surface area contributed by atoms with Gasteiger partial charge in [-0.05, 0) is 25.7 Å². The fraction of sp³-hybridized carbons (Fsp3) is 0.692. The van der Waals surface area contributed by atoms with E-state index in [1.54, 1.807) is 13.2 Å². The first-order valence-corrected chi connectivity index (χ1v) is 6.82. The molecule has 1 aliphatic rings. The first-order valence-electron chi connectivity index (χ1n) is 6.82. The number of nitrogens with two attached hydrogens (primary N) is 1. The topological polar surface area (TPSA) is 82.3 Å². The molecule has 0 spiro atoms. The van der Waals surface area contributed by atoms with Crippen LogP contribution in [0.1, 0.15) is 44.3 Å². The molecule has 3 N–H and O–H groups in total. The second kappa shape index (κ2) is 7.25. The molecule has 0 saturated heterocycles. The van der Waals surface area contributed by atoms with Crippen LogP contribution in [0.4, 0.5) is 5.82 Å². The van der Waals surface area contributed by atoms with E-state index in [0.717, 1.165) is 12.8 Å². The quantitative estimate of drug-likeness (QED) is 0.482. The van der Waals surface area contributed by atoms with Crippen molar-refractivity contribution in [3.8, 4) is 5.88 Å². The number of hydrogen-bond acceptors (Lipinski definition) is 6. The normalized spacial score (nSPS) is 16.9. The number of ether oxygens (including phenoxy) is 2. The lowest BCUT2D eigenvalue weighted by Crippen LogP contribution is -2.17. The molecular weight excluding hydrogens is 244 g/mol. The number of nitrogens with zero attached hydrogens (tertiary/aromatic N) is 2. The van der Waals surface area contributed by atoms with Gasteiger partial charge < -0.3 is 14.9 Å². The molecule has 0 aliphatic heterocycles. The van der Waals surface area contributed by atoms with Gasteiger partial charge in [-0.25, -0.2) is 10.8 Å². The van der Waals surface area contributed by atoms with E-state index in [0.29, 0.717) is 24.1 Å². The molecule has 1 aromatic rings. The summed E-state index contributed by atoms with van der Waals surface area (Å²) in [7, 11) is 1.61. The molecule has 1 fully saturated rings. The van der Waals surface area contributed by atoms with Crippen LogP contribution >= 0.6 is 0 Å². The standard InChI is InChI=1S/C13H22N4O2/c1-18-9-12-15-11(17-14)8-13(16-12)19-10-6-4-2-3-5-7-10/h8,10H,2-7,9,14H2,1H3,(H,15,16,17). The highest BCUT2D eigenvalue weighted by Crippen LogP contribution is 2.23. The molecule has 2 rings (SSSR count). The third-order valence-corrected chi connectivity index (χ3v) is 3.26. The van der Waals surface area contributed by atoms with E-state index in [2.05, 4.69) is 15.4 Å². The molecule has 1 aliphatic carbocycles. The minimum absolute atomic E-state index is 0.249. The molecule has 0 amide bonds. The summed E-state index contributed by atoms with van der Waals surface area (Å²) in [5.41, 5.74) is 2.53. The molecular formula is C13H22N4O2. The predicted octanol–water partition coefficient (Wildman–Crippen LogP) is 2.01. The SMILES string of the molecule is COCc1nc(NN)cc(OC2CCCCCC2)n1. The Morgan fingerprint density at radius 1 is 1.26 bits per heavy atom. The zero-order valence-electron chi connectivity index (χ0n) is 11.4. The van der Waals surface area contributed by atoms with Crippen molar-refractivity contribution in [2.24, 2.45) is 5.84 Å². The van der Waals surface area contributed by atoms with Gasteiger partial charge in [-0.2, -0.15) is 4.98 Å². The lowest BCUT2D eigenvalue weighted by Gasteiger charge is -2.17. The van der Waals surface area contributed by atoms with Gasteiger partial charge in [-0.3, -0.25) is 0 Å². The van der Waals surface area contributed by atoms with Crippen LogP contribution in [0, 0.1) is 0 Å². The molecule has 1 saturated carbocycles. The zero-order valence-corrected chi connectivity index (χ0v) is 11.4. The lowest BCUT2D eigenvalue weighted by atomic mass is 10.1. The number of nitrogens with one attached hydrogen (secondary N) is 1. The van der Waals surface area contributed by atoms with E-state index in [9.17, 15) is 0 Å². The molecule has 0 aromatic carbocycles. The third-order valence-electron chi connectivity index (χ3n) is 3.26. The van der Waals surface area contributed by atoms with Gasteiger partial charge in [0.1, 0.15) is 18.5 Å². The van der Waals surface area contributed by atoms with Crippen molar-refractivity contribution in [2.45, 2.75) is 51.2 Å². The Morgan fingerprint density at radius 3 is 2.63 bits per heavy atom. The Bertz CT molecular complexity index is 392. The van der Waals surface area contributed by atoms with Crippen molar-refractivity contribution >= 4 is 5.82 Å². The van der Waals surface area contributed by atoms with Crippen molar-refractivity contribution in [2.75, 3.05) is 12.5 Å². The molecule has 6 heteroatoms. The van der Waals surface area contributed by atoms with Crippen LogP contribution in [-0.4, -0.2) is 23.2 Å². The molecule has 1 heterocycles. The summed E-state index contributed by atoms with van der Waals surface area (Å²) in [5, 5.41) is 0. The Labute approximate surface area is 113 Å². The van der Waals surface area contributed by atoms with Crippen LogP contribution in [-0.2, 0) is 11.3 Å². The van der Waals surface area contributed by atoms with Crippen molar-refractivity contribution < 1.29 is 9.47 Å². The van der Waals surface area contributed by atoms with Crippen LogP contribution in [0.2, 0.25) is 0 Å². The van der Waals surface area contributed by atoms with E-state index in [-0.39, 0.29) is 6.10 Å². The Hall–Kier alpha value is -1.40. The van der Waals surface area contributed by atoms with E-state index in [1.165, 1.54) is 25.7 Å². The number of aromatic nitrogens is 2. The largest absolute Gasteiger partial charge is 0.474 e. The van der Waals surface area contributed by atoms with E-state index in [4.69, 9.17) is 15.3 Å². The van der Waals surface area contributed by atoms with E-state index < -0.39 is 0 Å². The minimum atomic E-state index is 0.249. The molecule has 0 atom stereocenters. The fourth-order valence-corrected chi connectivity index (χ4v) is 2.33. The van der Waals surface area contributed by atoms with E-state index in [1.807, 2.05) is 0 Å². The summed E-state index contributed by atoms with van der Waals surface area (Å²) >= 11 is 0. The number of nitrogen functional groups attached to an aromatic ring is 1. The van der Waals surface area contributed by atoms with Crippen molar-refractivity contribution in [3.63, 3.8) is 0 Å². The smallest absolute Gasteiger partial charge is 0.219 e. The molecule has 6 nitrogen and oxygen atoms in total. The monoisotopic (exact) mass is 266 g/mol. The predicted molar refractivity (Wildman–Crippen MR) is 72.7 cm³/mol. The summed E-state index contributed by atoms with van der Waals surface area (Å²) in [6.45, 7) is 0.344. The maximum absolute atomic E-state index is 5.96. The van der Waals surface area contributed by atoms with Crippen LogP contribution < -0.4 is 16.0 Å². The first kappa shape index (κ1) is 14.0. The fourth-order valence-electron chi connectivity index (χ4n) is 2.33. The Morgan fingerprint density at radius 2 is 2.00 bits per heavy atom. The molecule has 106 valence electrons. The van der Waals surface area contributed by atoms with Gasteiger partial charge in [0.2, 0.25) is 5.88 Å². The maximum atomic E-state index is 5.96. The molecule has 0 bridgehead atoms. The highest BCUT2D eigenvalue weighted by Gasteiger charge is 2.15. The number of methoxy groups -OCH3 is 1. The first-order chi connectivity index (χ1) is 9.31. The summed E-state index contributed by atoms with van der Waals surface area (Å²) in [6.07, 6.45) is 7.48. The zero-order chi connectivity index (χ0) is 13.5. The minimum Gasteiger partial charge on any atom is -0.474 e.